The topological polar surface area (TPSA) is 33.2 Å². The first-order chi connectivity index (χ1) is 6.25. The van der Waals surface area contributed by atoms with Crippen molar-refractivity contribution in [3.8, 4) is 0 Å². The van der Waals surface area contributed by atoms with Crippen LogP contribution in [0.15, 0.2) is 36.5 Å². The quantitative estimate of drug-likeness (QED) is 0.641. The van der Waals surface area contributed by atoms with E-state index < -0.39 is 0 Å². The zero-order valence-corrected chi connectivity index (χ0v) is 7.77. The van der Waals surface area contributed by atoms with E-state index in [4.69, 9.17) is 0 Å². The summed E-state index contributed by atoms with van der Waals surface area (Å²) in [6.07, 6.45) is 4.88. The van der Waals surface area contributed by atoms with E-state index in [2.05, 4.69) is 4.98 Å². The molecule has 0 saturated heterocycles. The molecule has 3 heteroatoms. The van der Waals surface area contributed by atoms with E-state index in [0.29, 0.717) is 5.82 Å². The molecule has 0 atom stereocenters. The first-order valence-electron chi connectivity index (χ1n) is 4.07. The molecule has 0 unspecified atom stereocenters. The average Bonchev–Trinajstić information content (AvgIpc) is 2.18. The van der Waals surface area contributed by atoms with Gasteiger partial charge in [-0.1, -0.05) is 12.1 Å². The van der Waals surface area contributed by atoms with E-state index in [0.717, 1.165) is 0 Å². The van der Waals surface area contributed by atoms with Gasteiger partial charge in [-0.25, -0.2) is 4.98 Å². The lowest BCUT2D eigenvalue weighted by Crippen LogP contribution is -2.24. The highest BCUT2D eigenvalue weighted by atomic mass is 16.2. The van der Waals surface area contributed by atoms with Crippen LogP contribution in [0.4, 0.5) is 5.82 Å². The summed E-state index contributed by atoms with van der Waals surface area (Å²) >= 11 is 0. The third kappa shape index (κ3) is 2.40. The highest BCUT2D eigenvalue weighted by Crippen LogP contribution is 2.06. The van der Waals surface area contributed by atoms with E-state index in [9.17, 15) is 4.79 Å². The van der Waals surface area contributed by atoms with Crippen LogP contribution in [-0.4, -0.2) is 17.9 Å². The molecule has 1 rings (SSSR count). The van der Waals surface area contributed by atoms with Gasteiger partial charge in [0.1, 0.15) is 5.82 Å². The number of rotatable bonds is 2. The third-order valence-corrected chi connectivity index (χ3v) is 1.63. The van der Waals surface area contributed by atoms with Crippen LogP contribution in [0.2, 0.25) is 0 Å². The Morgan fingerprint density at radius 1 is 1.54 bits per heavy atom. The molecule has 13 heavy (non-hydrogen) atoms. The lowest BCUT2D eigenvalue weighted by atomic mass is 10.4. The SMILES string of the molecule is CC=CC(=O)N(C)c1ccccn1. The lowest BCUT2D eigenvalue weighted by Gasteiger charge is -2.12. The molecule has 0 aromatic carbocycles. The summed E-state index contributed by atoms with van der Waals surface area (Å²) in [6.45, 7) is 1.81. The molecule has 0 aliphatic rings. The number of hydrogen-bond acceptors (Lipinski definition) is 2. The second-order valence-corrected chi connectivity index (χ2v) is 2.59. The first kappa shape index (κ1) is 9.45. The van der Waals surface area contributed by atoms with Crippen LogP contribution >= 0.6 is 0 Å². The number of anilines is 1. The summed E-state index contributed by atoms with van der Waals surface area (Å²) in [5.74, 6) is 0.590. The highest BCUT2D eigenvalue weighted by molar-refractivity contribution is 6.00. The molecule has 0 fully saturated rings. The summed E-state index contributed by atoms with van der Waals surface area (Å²) in [5.41, 5.74) is 0. The summed E-state index contributed by atoms with van der Waals surface area (Å²) in [7, 11) is 1.70. The van der Waals surface area contributed by atoms with Gasteiger partial charge in [-0.05, 0) is 25.1 Å². The van der Waals surface area contributed by atoms with E-state index in [1.807, 2.05) is 19.1 Å². The number of carbonyl (C=O) groups is 1. The molecule has 0 bridgehead atoms. The average molecular weight is 176 g/mol. The maximum absolute atomic E-state index is 11.3. The Hall–Kier alpha value is -1.64. The molecule has 0 N–H and O–H groups in total. The van der Waals surface area contributed by atoms with Crippen LogP contribution in [0.3, 0.4) is 0 Å². The third-order valence-electron chi connectivity index (χ3n) is 1.63. The second-order valence-electron chi connectivity index (χ2n) is 2.59. The first-order valence-corrected chi connectivity index (χ1v) is 4.07. The van der Waals surface area contributed by atoms with Crippen LogP contribution in [0, 0.1) is 0 Å². The Kier molecular flexibility index (Phi) is 3.20. The van der Waals surface area contributed by atoms with E-state index in [1.54, 1.807) is 25.4 Å². The highest BCUT2D eigenvalue weighted by Gasteiger charge is 2.06. The molecule has 0 saturated carbocycles. The van der Waals surface area contributed by atoms with Crippen LogP contribution < -0.4 is 4.90 Å². The van der Waals surface area contributed by atoms with Gasteiger partial charge < -0.3 is 0 Å². The Morgan fingerprint density at radius 3 is 2.85 bits per heavy atom. The minimum Gasteiger partial charge on any atom is -0.296 e. The number of pyridine rings is 1. The fourth-order valence-corrected chi connectivity index (χ4v) is 0.919. The summed E-state index contributed by atoms with van der Waals surface area (Å²) in [5, 5.41) is 0. The second kappa shape index (κ2) is 4.40. The van der Waals surface area contributed by atoms with Crippen LogP contribution in [0.25, 0.3) is 0 Å². The van der Waals surface area contributed by atoms with Gasteiger partial charge in [0.25, 0.3) is 5.91 Å². The zero-order chi connectivity index (χ0) is 9.68. The maximum Gasteiger partial charge on any atom is 0.251 e. The van der Waals surface area contributed by atoms with Gasteiger partial charge in [0.05, 0.1) is 0 Å². The number of aromatic nitrogens is 1. The number of carbonyl (C=O) groups excluding carboxylic acids is 1. The molecule has 1 aromatic heterocycles. The van der Waals surface area contributed by atoms with Gasteiger partial charge in [0, 0.05) is 13.2 Å². The van der Waals surface area contributed by atoms with Crippen molar-refractivity contribution in [2.75, 3.05) is 11.9 Å². The Balaban J connectivity index is 2.79. The standard InChI is InChI=1S/C10H12N2O/c1-3-6-10(13)12(2)9-7-4-5-8-11-9/h3-8H,1-2H3. The molecule has 3 nitrogen and oxygen atoms in total. The summed E-state index contributed by atoms with van der Waals surface area (Å²) < 4.78 is 0. The van der Waals surface area contributed by atoms with E-state index >= 15 is 0 Å². The van der Waals surface area contributed by atoms with Crippen molar-refractivity contribution in [3.63, 3.8) is 0 Å². The van der Waals surface area contributed by atoms with Crippen molar-refractivity contribution in [2.45, 2.75) is 6.92 Å². The maximum atomic E-state index is 11.3. The molecule has 1 amide bonds. The normalized spacial score (nSPS) is 10.3. The van der Waals surface area contributed by atoms with E-state index in [1.165, 1.54) is 11.0 Å². The molecule has 0 spiro atoms. The van der Waals surface area contributed by atoms with Crippen LogP contribution in [0.5, 0.6) is 0 Å². The van der Waals surface area contributed by atoms with Gasteiger partial charge in [0.2, 0.25) is 0 Å². The number of allylic oxidation sites excluding steroid dienone is 1. The molecule has 68 valence electrons. The van der Waals surface area contributed by atoms with Crippen LogP contribution in [0.1, 0.15) is 6.92 Å². The minimum absolute atomic E-state index is 0.0683. The molecule has 0 aliphatic heterocycles. The Bertz CT molecular complexity index is 306. The predicted molar refractivity (Wildman–Crippen MR) is 52.5 cm³/mol. The summed E-state index contributed by atoms with van der Waals surface area (Å²) in [6, 6.07) is 5.46. The molecule has 0 aliphatic carbocycles. The van der Waals surface area contributed by atoms with Gasteiger partial charge in [-0.15, -0.1) is 0 Å². The van der Waals surface area contributed by atoms with Crippen molar-refractivity contribution in [3.05, 3.63) is 36.5 Å². The van der Waals surface area contributed by atoms with Gasteiger partial charge >= 0.3 is 0 Å². The molecule has 0 radical (unpaired) electrons. The largest absolute Gasteiger partial charge is 0.296 e. The Morgan fingerprint density at radius 2 is 2.31 bits per heavy atom. The number of amides is 1. The molecular formula is C10H12N2O. The van der Waals surface area contributed by atoms with Crippen molar-refractivity contribution in [1.82, 2.24) is 4.98 Å². The van der Waals surface area contributed by atoms with Crippen molar-refractivity contribution in [1.29, 1.82) is 0 Å². The fraction of sp³-hybridized carbons (Fsp3) is 0.200. The zero-order valence-electron chi connectivity index (χ0n) is 7.77. The predicted octanol–water partition coefficient (Wildman–Crippen LogP) is 1.62. The van der Waals surface area contributed by atoms with Crippen molar-refractivity contribution >= 4 is 11.7 Å². The fourth-order valence-electron chi connectivity index (χ4n) is 0.919. The lowest BCUT2D eigenvalue weighted by molar-refractivity contribution is -0.113. The van der Waals surface area contributed by atoms with Crippen molar-refractivity contribution in [2.24, 2.45) is 0 Å². The molecule has 1 heterocycles. The van der Waals surface area contributed by atoms with Gasteiger partial charge in [0.15, 0.2) is 0 Å². The number of hydrogen-bond donors (Lipinski definition) is 0. The van der Waals surface area contributed by atoms with Gasteiger partial charge in [-0.2, -0.15) is 0 Å². The van der Waals surface area contributed by atoms with Crippen molar-refractivity contribution < 1.29 is 4.79 Å². The minimum atomic E-state index is -0.0683. The molecular weight excluding hydrogens is 164 g/mol. The number of likely N-dealkylation sites (N-methyl/N-ethyl adjacent to an activating group) is 1. The summed E-state index contributed by atoms with van der Waals surface area (Å²) in [4.78, 5) is 16.9. The Labute approximate surface area is 77.7 Å². The van der Waals surface area contributed by atoms with Gasteiger partial charge in [-0.3, -0.25) is 9.69 Å². The van der Waals surface area contributed by atoms with E-state index in [-0.39, 0.29) is 5.91 Å². The number of nitrogens with zero attached hydrogens (tertiary/aromatic N) is 2. The van der Waals surface area contributed by atoms with Crippen LogP contribution in [-0.2, 0) is 4.79 Å². The smallest absolute Gasteiger partial charge is 0.251 e. The monoisotopic (exact) mass is 176 g/mol. The molecule has 1 aromatic rings.